The van der Waals surface area contributed by atoms with Crippen LogP contribution in [0.25, 0.3) is 0 Å². The molecule has 2 rings (SSSR count). The summed E-state index contributed by atoms with van der Waals surface area (Å²) >= 11 is 14.8. The molecule has 0 atom stereocenters. The topological polar surface area (TPSA) is 67.2 Å². The van der Waals surface area contributed by atoms with Gasteiger partial charge in [-0.05, 0) is 40.2 Å². The molecular weight excluding hydrogens is 417 g/mol. The SMILES string of the molecule is O=[N+]([O-])C(=C(Nc1ccccc1)Nc1ccccc1)/C(Cl)=C(\Cl)Br. The van der Waals surface area contributed by atoms with Crippen LogP contribution in [-0.4, -0.2) is 4.92 Å². The predicted molar refractivity (Wildman–Crippen MR) is 102 cm³/mol. The molecule has 0 aliphatic rings. The van der Waals surface area contributed by atoms with E-state index in [-0.39, 0.29) is 20.5 Å². The van der Waals surface area contributed by atoms with Gasteiger partial charge in [0.2, 0.25) is 0 Å². The van der Waals surface area contributed by atoms with Crippen molar-refractivity contribution >= 4 is 50.5 Å². The molecule has 2 aromatic carbocycles. The summed E-state index contributed by atoms with van der Waals surface area (Å²) in [6, 6.07) is 18.0. The first-order valence-corrected chi connectivity index (χ1v) is 8.28. The van der Waals surface area contributed by atoms with Crippen LogP contribution in [-0.2, 0) is 0 Å². The normalized spacial score (nSPS) is 11.3. The zero-order chi connectivity index (χ0) is 17.5. The van der Waals surface area contributed by atoms with Crippen molar-refractivity contribution in [3.05, 3.63) is 91.3 Å². The number of allylic oxidation sites excluding steroid dienone is 1. The molecule has 0 aliphatic carbocycles. The standard InChI is InChI=1S/C16H12BrCl2N3O2/c17-15(19)13(18)14(22(23)24)16(20-11-7-3-1-4-8-11)21-12-9-5-2-6-10-12/h1-10,20-21H/b15-13+. The fourth-order valence-corrected chi connectivity index (χ4v) is 2.29. The lowest BCUT2D eigenvalue weighted by Crippen LogP contribution is -2.17. The number of benzene rings is 2. The molecule has 2 N–H and O–H groups in total. The monoisotopic (exact) mass is 427 g/mol. The first kappa shape index (κ1) is 18.3. The Hall–Kier alpha value is -2.02. The molecule has 2 aromatic rings. The molecule has 5 nitrogen and oxygen atoms in total. The number of nitrogens with zero attached hydrogens (tertiary/aromatic N) is 1. The van der Waals surface area contributed by atoms with Gasteiger partial charge in [0.25, 0.3) is 0 Å². The lowest BCUT2D eigenvalue weighted by molar-refractivity contribution is -0.420. The lowest BCUT2D eigenvalue weighted by Gasteiger charge is -2.14. The van der Waals surface area contributed by atoms with Crippen molar-refractivity contribution < 1.29 is 4.92 Å². The van der Waals surface area contributed by atoms with Gasteiger partial charge in [-0.25, -0.2) is 0 Å². The van der Waals surface area contributed by atoms with Crippen molar-refractivity contribution in [3.63, 3.8) is 0 Å². The number of para-hydroxylation sites is 2. The Labute approximate surface area is 157 Å². The summed E-state index contributed by atoms with van der Waals surface area (Å²) in [5.74, 6) is 0.0972. The summed E-state index contributed by atoms with van der Waals surface area (Å²) in [6.45, 7) is 0. The Morgan fingerprint density at radius 3 is 1.67 bits per heavy atom. The van der Waals surface area contributed by atoms with Gasteiger partial charge in [-0.2, -0.15) is 0 Å². The molecule has 0 bridgehead atoms. The van der Waals surface area contributed by atoms with E-state index >= 15 is 0 Å². The first-order chi connectivity index (χ1) is 11.5. The Bertz CT molecular complexity index is 733. The maximum atomic E-state index is 11.5. The van der Waals surface area contributed by atoms with Crippen LogP contribution in [0.15, 0.2) is 81.2 Å². The van der Waals surface area contributed by atoms with E-state index in [1.807, 2.05) is 36.4 Å². The summed E-state index contributed by atoms with van der Waals surface area (Å²) in [5.41, 5.74) is 0.933. The van der Waals surface area contributed by atoms with Crippen molar-refractivity contribution in [2.75, 3.05) is 10.6 Å². The fraction of sp³-hybridized carbons (Fsp3) is 0. The molecule has 0 saturated heterocycles. The minimum Gasteiger partial charge on any atom is -0.336 e. The minimum atomic E-state index is -0.604. The van der Waals surface area contributed by atoms with Crippen LogP contribution in [0, 0.1) is 10.1 Å². The molecule has 0 radical (unpaired) electrons. The van der Waals surface area contributed by atoms with Crippen LogP contribution in [0.4, 0.5) is 11.4 Å². The van der Waals surface area contributed by atoms with Crippen LogP contribution in [0.3, 0.4) is 0 Å². The fourth-order valence-electron chi connectivity index (χ4n) is 1.85. The highest BCUT2D eigenvalue weighted by Crippen LogP contribution is 2.30. The molecule has 0 amide bonds. The second kappa shape index (κ2) is 8.73. The van der Waals surface area contributed by atoms with E-state index in [0.29, 0.717) is 11.4 Å². The molecule has 0 aromatic heterocycles. The zero-order valence-corrected chi connectivity index (χ0v) is 15.3. The van der Waals surface area contributed by atoms with Crippen LogP contribution in [0.2, 0.25) is 0 Å². The highest BCUT2D eigenvalue weighted by Gasteiger charge is 2.25. The number of halogens is 3. The Kier molecular flexibility index (Phi) is 6.66. The quantitative estimate of drug-likeness (QED) is 0.352. The van der Waals surface area contributed by atoms with Gasteiger partial charge in [-0.15, -0.1) is 0 Å². The van der Waals surface area contributed by atoms with Crippen LogP contribution < -0.4 is 10.6 Å². The van der Waals surface area contributed by atoms with Gasteiger partial charge < -0.3 is 10.6 Å². The van der Waals surface area contributed by atoms with E-state index < -0.39 is 4.92 Å². The summed E-state index contributed by atoms with van der Waals surface area (Å²) in [4.78, 5) is 10.9. The van der Waals surface area contributed by atoms with E-state index in [9.17, 15) is 10.1 Å². The summed E-state index contributed by atoms with van der Waals surface area (Å²) in [7, 11) is 0. The van der Waals surface area contributed by atoms with E-state index in [2.05, 4.69) is 26.6 Å². The lowest BCUT2D eigenvalue weighted by atomic mass is 10.3. The largest absolute Gasteiger partial charge is 0.336 e. The zero-order valence-electron chi connectivity index (χ0n) is 12.2. The van der Waals surface area contributed by atoms with Crippen LogP contribution >= 0.6 is 39.1 Å². The molecule has 24 heavy (non-hydrogen) atoms. The molecule has 0 spiro atoms. The third-order valence-corrected chi connectivity index (χ3v) is 4.16. The summed E-state index contributed by atoms with van der Waals surface area (Å²) in [6.07, 6.45) is 0. The van der Waals surface area contributed by atoms with Gasteiger partial charge >= 0.3 is 5.70 Å². The second-order valence-electron chi connectivity index (χ2n) is 4.54. The van der Waals surface area contributed by atoms with E-state index in [1.54, 1.807) is 24.3 Å². The minimum absolute atomic E-state index is 0.0573. The number of anilines is 2. The Balaban J connectivity index is 2.53. The van der Waals surface area contributed by atoms with Crippen molar-refractivity contribution in [3.8, 4) is 0 Å². The molecular formula is C16H12BrCl2N3O2. The summed E-state index contributed by atoms with van der Waals surface area (Å²) < 4.78 is -0.0573. The van der Waals surface area contributed by atoms with Crippen molar-refractivity contribution in [1.29, 1.82) is 0 Å². The van der Waals surface area contributed by atoms with Crippen LogP contribution in [0.1, 0.15) is 0 Å². The highest BCUT2D eigenvalue weighted by atomic mass is 79.9. The third kappa shape index (κ3) is 4.99. The van der Waals surface area contributed by atoms with Gasteiger partial charge in [0.05, 0.1) is 4.92 Å². The van der Waals surface area contributed by atoms with Gasteiger partial charge in [0.1, 0.15) is 8.97 Å². The molecule has 0 aliphatic heterocycles. The van der Waals surface area contributed by atoms with Crippen molar-refractivity contribution in [1.82, 2.24) is 0 Å². The molecule has 8 heteroatoms. The highest BCUT2D eigenvalue weighted by molar-refractivity contribution is 9.12. The van der Waals surface area contributed by atoms with Crippen molar-refractivity contribution in [2.24, 2.45) is 0 Å². The van der Waals surface area contributed by atoms with Gasteiger partial charge in [-0.3, -0.25) is 10.1 Å². The van der Waals surface area contributed by atoms with Crippen LogP contribution in [0.5, 0.6) is 0 Å². The molecule has 0 saturated carbocycles. The number of hydrogen-bond acceptors (Lipinski definition) is 4. The first-order valence-electron chi connectivity index (χ1n) is 6.73. The molecule has 124 valence electrons. The number of nitrogens with one attached hydrogen (secondary N) is 2. The van der Waals surface area contributed by atoms with Gasteiger partial charge in [-0.1, -0.05) is 59.6 Å². The van der Waals surface area contributed by atoms with Gasteiger partial charge in [0.15, 0.2) is 5.82 Å². The average molecular weight is 429 g/mol. The number of hydrogen-bond donors (Lipinski definition) is 2. The van der Waals surface area contributed by atoms with E-state index in [0.717, 1.165) is 0 Å². The maximum absolute atomic E-state index is 11.5. The van der Waals surface area contributed by atoms with E-state index in [4.69, 9.17) is 23.2 Å². The molecule has 0 heterocycles. The Morgan fingerprint density at radius 2 is 1.33 bits per heavy atom. The number of nitro groups is 1. The van der Waals surface area contributed by atoms with Gasteiger partial charge in [0, 0.05) is 11.4 Å². The molecule has 0 fully saturated rings. The van der Waals surface area contributed by atoms with Crippen molar-refractivity contribution in [2.45, 2.75) is 0 Å². The molecule has 0 unspecified atom stereocenters. The second-order valence-corrected chi connectivity index (χ2v) is 6.54. The third-order valence-electron chi connectivity index (χ3n) is 2.88. The Morgan fingerprint density at radius 1 is 0.917 bits per heavy atom. The summed E-state index contributed by atoms with van der Waals surface area (Å²) in [5, 5.41) is 17.3. The van der Waals surface area contributed by atoms with E-state index in [1.165, 1.54) is 0 Å². The average Bonchev–Trinajstić information content (AvgIpc) is 2.56. The predicted octanol–water partition coefficient (Wildman–Crippen LogP) is 5.70. The smallest absolute Gasteiger partial charge is 0.330 e. The maximum Gasteiger partial charge on any atom is 0.330 e. The number of rotatable bonds is 6.